The quantitative estimate of drug-likeness (QED) is 0.723. The molecule has 0 aliphatic rings. The van der Waals surface area contributed by atoms with Gasteiger partial charge in [0.2, 0.25) is 0 Å². The monoisotopic (exact) mass is 245 g/mol. The highest BCUT2D eigenvalue weighted by atomic mass is 19.3. The van der Waals surface area contributed by atoms with E-state index in [0.29, 0.717) is 19.5 Å². The molecule has 0 amide bonds. The molecule has 0 spiro atoms. The normalized spacial score (nSPS) is 12.8. The van der Waals surface area contributed by atoms with E-state index in [2.05, 4.69) is 10.1 Å². The van der Waals surface area contributed by atoms with Gasteiger partial charge in [-0.15, -0.1) is 0 Å². The number of hydrogen-bond acceptors (Lipinski definition) is 3. The molecule has 2 N–H and O–H groups in total. The zero-order valence-electron chi connectivity index (χ0n) is 9.70. The van der Waals surface area contributed by atoms with E-state index in [-0.39, 0.29) is 11.9 Å². The Labute approximate surface area is 99.4 Å². The SMILES string of the molecule is CC(O)CCNCc1ccc(OC(F)F)cc1. The zero-order valence-corrected chi connectivity index (χ0v) is 9.70. The first-order valence-corrected chi connectivity index (χ1v) is 5.50. The summed E-state index contributed by atoms with van der Waals surface area (Å²) in [5, 5.41) is 12.2. The van der Waals surface area contributed by atoms with E-state index >= 15 is 0 Å². The lowest BCUT2D eigenvalue weighted by Gasteiger charge is -2.08. The van der Waals surface area contributed by atoms with Gasteiger partial charge in [-0.3, -0.25) is 0 Å². The number of nitrogens with one attached hydrogen (secondary N) is 1. The van der Waals surface area contributed by atoms with Crippen LogP contribution in [-0.4, -0.2) is 24.4 Å². The topological polar surface area (TPSA) is 41.5 Å². The lowest BCUT2D eigenvalue weighted by Crippen LogP contribution is -2.18. The molecule has 0 aliphatic carbocycles. The van der Waals surface area contributed by atoms with Gasteiger partial charge in [0.05, 0.1) is 6.10 Å². The van der Waals surface area contributed by atoms with Gasteiger partial charge < -0.3 is 15.2 Å². The van der Waals surface area contributed by atoms with Crippen LogP contribution < -0.4 is 10.1 Å². The van der Waals surface area contributed by atoms with Crippen LogP contribution in [0, 0.1) is 0 Å². The van der Waals surface area contributed by atoms with Crippen molar-refractivity contribution in [2.45, 2.75) is 32.6 Å². The van der Waals surface area contributed by atoms with Crippen molar-refractivity contribution in [3.8, 4) is 5.75 Å². The third kappa shape index (κ3) is 6.19. The van der Waals surface area contributed by atoms with Gasteiger partial charge in [0, 0.05) is 6.54 Å². The Morgan fingerprint density at radius 1 is 1.29 bits per heavy atom. The minimum absolute atomic E-state index is 0.160. The molecule has 96 valence electrons. The van der Waals surface area contributed by atoms with Gasteiger partial charge in [-0.05, 0) is 37.6 Å². The molecule has 3 nitrogen and oxygen atoms in total. The van der Waals surface area contributed by atoms with Gasteiger partial charge in [-0.1, -0.05) is 12.1 Å². The first-order valence-electron chi connectivity index (χ1n) is 5.50. The molecule has 0 aliphatic heterocycles. The van der Waals surface area contributed by atoms with E-state index in [1.165, 1.54) is 12.1 Å². The lowest BCUT2D eigenvalue weighted by molar-refractivity contribution is -0.0498. The smallest absolute Gasteiger partial charge is 0.387 e. The molecule has 0 bridgehead atoms. The van der Waals surface area contributed by atoms with E-state index in [4.69, 9.17) is 5.11 Å². The fraction of sp³-hybridized carbons (Fsp3) is 0.500. The number of alkyl halides is 2. The van der Waals surface area contributed by atoms with Crippen LogP contribution in [0.15, 0.2) is 24.3 Å². The summed E-state index contributed by atoms with van der Waals surface area (Å²) in [4.78, 5) is 0. The molecule has 0 saturated carbocycles. The zero-order chi connectivity index (χ0) is 12.7. The molecule has 1 aromatic rings. The Morgan fingerprint density at radius 3 is 2.47 bits per heavy atom. The van der Waals surface area contributed by atoms with E-state index in [0.717, 1.165) is 5.56 Å². The van der Waals surface area contributed by atoms with Crippen LogP contribution in [0.4, 0.5) is 8.78 Å². The first kappa shape index (κ1) is 13.9. The average Bonchev–Trinajstić information content (AvgIpc) is 2.25. The highest BCUT2D eigenvalue weighted by Crippen LogP contribution is 2.14. The maximum Gasteiger partial charge on any atom is 0.387 e. The number of ether oxygens (including phenoxy) is 1. The minimum Gasteiger partial charge on any atom is -0.435 e. The largest absolute Gasteiger partial charge is 0.435 e. The van der Waals surface area contributed by atoms with Crippen LogP contribution in [-0.2, 0) is 6.54 Å². The summed E-state index contributed by atoms with van der Waals surface area (Å²) in [7, 11) is 0. The maximum absolute atomic E-state index is 11.9. The summed E-state index contributed by atoms with van der Waals surface area (Å²) >= 11 is 0. The van der Waals surface area contributed by atoms with Crippen LogP contribution in [0.3, 0.4) is 0 Å². The Hall–Kier alpha value is -1.20. The summed E-state index contributed by atoms with van der Waals surface area (Å²) in [6, 6.07) is 6.48. The second-order valence-corrected chi connectivity index (χ2v) is 3.84. The van der Waals surface area contributed by atoms with Crippen molar-refractivity contribution >= 4 is 0 Å². The number of halogens is 2. The van der Waals surface area contributed by atoms with Crippen molar-refractivity contribution < 1.29 is 18.6 Å². The van der Waals surface area contributed by atoms with E-state index in [1.54, 1.807) is 19.1 Å². The Bertz CT molecular complexity index is 315. The second-order valence-electron chi connectivity index (χ2n) is 3.84. The predicted octanol–water partition coefficient (Wildman–Crippen LogP) is 2.15. The average molecular weight is 245 g/mol. The second kappa shape index (κ2) is 7.19. The maximum atomic E-state index is 11.9. The molecule has 0 aromatic heterocycles. The van der Waals surface area contributed by atoms with Gasteiger partial charge in [0.1, 0.15) is 5.75 Å². The minimum atomic E-state index is -2.79. The highest BCUT2D eigenvalue weighted by Gasteiger charge is 2.03. The fourth-order valence-corrected chi connectivity index (χ4v) is 1.33. The van der Waals surface area contributed by atoms with E-state index in [1.807, 2.05) is 0 Å². The third-order valence-electron chi connectivity index (χ3n) is 2.22. The molecule has 17 heavy (non-hydrogen) atoms. The number of aliphatic hydroxyl groups excluding tert-OH is 1. The molecule has 1 atom stereocenters. The number of hydrogen-bond donors (Lipinski definition) is 2. The van der Waals surface area contributed by atoms with Crippen molar-refractivity contribution in [1.82, 2.24) is 5.32 Å². The van der Waals surface area contributed by atoms with Gasteiger partial charge >= 0.3 is 6.61 Å². The van der Waals surface area contributed by atoms with Crippen molar-refractivity contribution in [1.29, 1.82) is 0 Å². The van der Waals surface area contributed by atoms with Gasteiger partial charge in [0.25, 0.3) is 0 Å². The first-order chi connectivity index (χ1) is 8.08. The molecule has 0 saturated heterocycles. The summed E-state index contributed by atoms with van der Waals surface area (Å²) in [6.07, 6.45) is 0.372. The van der Waals surface area contributed by atoms with Crippen LogP contribution in [0.2, 0.25) is 0 Å². The van der Waals surface area contributed by atoms with Crippen molar-refractivity contribution in [3.63, 3.8) is 0 Å². The van der Waals surface area contributed by atoms with E-state index < -0.39 is 6.61 Å². The highest BCUT2D eigenvalue weighted by molar-refractivity contribution is 5.27. The van der Waals surface area contributed by atoms with Gasteiger partial charge in [-0.25, -0.2) is 0 Å². The third-order valence-corrected chi connectivity index (χ3v) is 2.22. The molecule has 5 heteroatoms. The number of benzene rings is 1. The molecular weight excluding hydrogens is 228 g/mol. The molecular formula is C12H17F2NO2. The summed E-state index contributed by atoms with van der Waals surface area (Å²) in [5.74, 6) is 0.160. The van der Waals surface area contributed by atoms with Crippen LogP contribution >= 0.6 is 0 Å². The summed E-state index contributed by atoms with van der Waals surface area (Å²) < 4.78 is 28.0. The van der Waals surface area contributed by atoms with Crippen LogP contribution in [0.1, 0.15) is 18.9 Å². The summed E-state index contributed by atoms with van der Waals surface area (Å²) in [5.41, 5.74) is 0.984. The lowest BCUT2D eigenvalue weighted by atomic mass is 10.2. The summed E-state index contributed by atoms with van der Waals surface area (Å²) in [6.45, 7) is 0.303. The number of aliphatic hydroxyl groups is 1. The van der Waals surface area contributed by atoms with Gasteiger partial charge in [0.15, 0.2) is 0 Å². The Balaban J connectivity index is 2.30. The Morgan fingerprint density at radius 2 is 1.94 bits per heavy atom. The molecule has 1 rings (SSSR count). The molecule has 0 heterocycles. The molecule has 1 unspecified atom stereocenters. The standard InChI is InChI=1S/C12H17F2NO2/c1-9(16)6-7-15-8-10-2-4-11(5-3-10)17-12(13)14/h2-5,9,12,15-16H,6-8H2,1H3. The van der Waals surface area contributed by atoms with Crippen molar-refractivity contribution in [2.75, 3.05) is 6.54 Å². The fourth-order valence-electron chi connectivity index (χ4n) is 1.33. The predicted molar refractivity (Wildman–Crippen MR) is 61.1 cm³/mol. The number of rotatable bonds is 7. The Kier molecular flexibility index (Phi) is 5.86. The molecule has 0 radical (unpaired) electrons. The van der Waals surface area contributed by atoms with Crippen LogP contribution in [0.25, 0.3) is 0 Å². The van der Waals surface area contributed by atoms with Crippen molar-refractivity contribution in [3.05, 3.63) is 29.8 Å². The van der Waals surface area contributed by atoms with Crippen molar-refractivity contribution in [2.24, 2.45) is 0 Å². The molecule has 0 fully saturated rings. The van der Waals surface area contributed by atoms with Crippen LogP contribution in [0.5, 0.6) is 5.75 Å². The van der Waals surface area contributed by atoms with Gasteiger partial charge in [-0.2, -0.15) is 8.78 Å². The van der Waals surface area contributed by atoms with E-state index in [9.17, 15) is 8.78 Å². The molecule has 1 aromatic carbocycles.